The number of nitrogens with one attached hydrogen (secondary N) is 1. The van der Waals surface area contributed by atoms with Gasteiger partial charge in [-0.25, -0.2) is 8.42 Å². The topological polar surface area (TPSA) is 105 Å². The molecule has 0 rings (SSSR count). The van der Waals surface area contributed by atoms with Gasteiger partial charge in [0.2, 0.25) is 0 Å². The molecule has 0 aromatic carbocycles. The van der Waals surface area contributed by atoms with E-state index in [0.29, 0.717) is 19.4 Å². The van der Waals surface area contributed by atoms with Crippen LogP contribution in [-0.2, 0) is 9.84 Å². The SMILES string of the molecule is CS(=O)(=O)CCCNCCCCC(N)=NO. The first-order valence-electron chi connectivity index (χ1n) is 5.30. The lowest BCUT2D eigenvalue weighted by molar-refractivity contribution is 0.316. The second-order valence-corrected chi connectivity index (χ2v) is 6.04. The molecule has 0 aliphatic carbocycles. The average molecular weight is 251 g/mol. The molecule has 7 heteroatoms. The van der Waals surface area contributed by atoms with E-state index in [0.717, 1.165) is 19.4 Å². The Morgan fingerprint density at radius 1 is 1.31 bits per heavy atom. The summed E-state index contributed by atoms with van der Waals surface area (Å²) >= 11 is 0. The lowest BCUT2D eigenvalue weighted by Gasteiger charge is -2.03. The van der Waals surface area contributed by atoms with Crippen molar-refractivity contribution in [1.29, 1.82) is 0 Å². The van der Waals surface area contributed by atoms with Crippen LogP contribution in [-0.4, -0.2) is 44.6 Å². The third-order valence-electron chi connectivity index (χ3n) is 2.03. The number of unbranched alkanes of at least 4 members (excludes halogenated alkanes) is 1. The van der Waals surface area contributed by atoms with Gasteiger partial charge in [0.1, 0.15) is 15.7 Å². The van der Waals surface area contributed by atoms with Crippen LogP contribution in [0.5, 0.6) is 0 Å². The minimum absolute atomic E-state index is 0.226. The van der Waals surface area contributed by atoms with Crippen molar-refractivity contribution >= 4 is 15.7 Å². The van der Waals surface area contributed by atoms with E-state index in [1.54, 1.807) is 0 Å². The van der Waals surface area contributed by atoms with Gasteiger partial charge >= 0.3 is 0 Å². The monoisotopic (exact) mass is 251 g/mol. The summed E-state index contributed by atoms with van der Waals surface area (Å²) in [5, 5.41) is 14.3. The summed E-state index contributed by atoms with van der Waals surface area (Å²) in [6.45, 7) is 1.53. The van der Waals surface area contributed by atoms with Gasteiger partial charge in [-0.15, -0.1) is 0 Å². The molecule has 0 saturated heterocycles. The first-order valence-corrected chi connectivity index (χ1v) is 7.36. The first-order chi connectivity index (χ1) is 7.45. The van der Waals surface area contributed by atoms with Crippen molar-refractivity contribution in [3.63, 3.8) is 0 Å². The molecule has 16 heavy (non-hydrogen) atoms. The number of rotatable bonds is 9. The van der Waals surface area contributed by atoms with Crippen LogP contribution < -0.4 is 11.1 Å². The van der Waals surface area contributed by atoms with Crippen LogP contribution in [0.1, 0.15) is 25.7 Å². The third kappa shape index (κ3) is 11.3. The Morgan fingerprint density at radius 2 is 1.94 bits per heavy atom. The Bertz CT molecular complexity index is 301. The van der Waals surface area contributed by atoms with Gasteiger partial charge in [0.05, 0.1) is 5.75 Å². The van der Waals surface area contributed by atoms with Crippen LogP contribution in [0.2, 0.25) is 0 Å². The largest absolute Gasteiger partial charge is 0.409 e. The maximum absolute atomic E-state index is 10.8. The van der Waals surface area contributed by atoms with Gasteiger partial charge < -0.3 is 16.3 Å². The van der Waals surface area contributed by atoms with Gasteiger partial charge in [-0.05, 0) is 32.4 Å². The molecule has 0 radical (unpaired) electrons. The van der Waals surface area contributed by atoms with Gasteiger partial charge in [0.15, 0.2) is 0 Å². The van der Waals surface area contributed by atoms with Gasteiger partial charge in [-0.2, -0.15) is 0 Å². The van der Waals surface area contributed by atoms with Crippen molar-refractivity contribution in [2.75, 3.05) is 25.1 Å². The molecule has 0 heterocycles. The summed E-state index contributed by atoms with van der Waals surface area (Å²) in [6.07, 6.45) is 4.24. The van der Waals surface area contributed by atoms with Crippen LogP contribution >= 0.6 is 0 Å². The number of oxime groups is 1. The van der Waals surface area contributed by atoms with E-state index in [2.05, 4.69) is 10.5 Å². The smallest absolute Gasteiger partial charge is 0.147 e. The fourth-order valence-electron chi connectivity index (χ4n) is 1.19. The van der Waals surface area contributed by atoms with Gasteiger partial charge in [-0.1, -0.05) is 5.16 Å². The molecule has 0 fully saturated rings. The number of hydrogen-bond donors (Lipinski definition) is 3. The van der Waals surface area contributed by atoms with Crippen molar-refractivity contribution in [2.45, 2.75) is 25.7 Å². The van der Waals surface area contributed by atoms with Crippen molar-refractivity contribution in [3.05, 3.63) is 0 Å². The van der Waals surface area contributed by atoms with Crippen molar-refractivity contribution in [2.24, 2.45) is 10.9 Å². The highest BCUT2D eigenvalue weighted by Gasteiger charge is 2.00. The predicted octanol–water partition coefficient (Wildman–Crippen LogP) is -0.0726. The lowest BCUT2D eigenvalue weighted by Crippen LogP contribution is -2.20. The highest BCUT2D eigenvalue weighted by Crippen LogP contribution is 1.94. The molecule has 0 aliphatic rings. The molecule has 0 saturated carbocycles. The highest BCUT2D eigenvalue weighted by molar-refractivity contribution is 7.90. The summed E-state index contributed by atoms with van der Waals surface area (Å²) in [5.74, 6) is 0.474. The molecule has 4 N–H and O–H groups in total. The molecule has 6 nitrogen and oxygen atoms in total. The molecule has 0 spiro atoms. The average Bonchev–Trinajstić information content (AvgIpc) is 2.20. The molecular formula is C9H21N3O3S. The highest BCUT2D eigenvalue weighted by atomic mass is 32.2. The standard InChI is InChI=1S/C9H21N3O3S/c1-16(14,15)8-4-7-11-6-3-2-5-9(10)12-13/h11,13H,2-8H2,1H3,(H2,10,12). The molecule has 0 aromatic heterocycles. The summed E-state index contributed by atoms with van der Waals surface area (Å²) in [6, 6.07) is 0. The van der Waals surface area contributed by atoms with Crippen molar-refractivity contribution in [3.8, 4) is 0 Å². The van der Waals surface area contributed by atoms with Crippen molar-refractivity contribution in [1.82, 2.24) is 5.32 Å². The van der Waals surface area contributed by atoms with Gasteiger partial charge in [0.25, 0.3) is 0 Å². The predicted molar refractivity (Wildman–Crippen MR) is 64.5 cm³/mol. The third-order valence-corrected chi connectivity index (χ3v) is 3.06. The number of nitrogens with zero attached hydrogens (tertiary/aromatic N) is 1. The van der Waals surface area contributed by atoms with Crippen LogP contribution in [0.3, 0.4) is 0 Å². The zero-order chi connectivity index (χ0) is 12.4. The molecule has 0 amide bonds. The fourth-order valence-corrected chi connectivity index (χ4v) is 1.86. The van der Waals surface area contributed by atoms with Crippen LogP contribution in [0.15, 0.2) is 5.16 Å². The Hall–Kier alpha value is -0.820. The van der Waals surface area contributed by atoms with Crippen LogP contribution in [0.4, 0.5) is 0 Å². The fraction of sp³-hybridized carbons (Fsp3) is 0.889. The minimum atomic E-state index is -2.84. The van der Waals surface area contributed by atoms with E-state index in [1.807, 2.05) is 0 Å². The molecule has 0 aromatic rings. The second kappa shape index (κ2) is 8.35. The Balaban J connectivity index is 3.23. The first kappa shape index (κ1) is 15.2. The van der Waals surface area contributed by atoms with E-state index in [1.165, 1.54) is 6.26 Å². The van der Waals surface area contributed by atoms with E-state index in [9.17, 15) is 8.42 Å². The summed E-state index contributed by atoms with van der Waals surface area (Å²) in [5.41, 5.74) is 5.30. The maximum atomic E-state index is 10.8. The van der Waals surface area contributed by atoms with E-state index in [4.69, 9.17) is 10.9 Å². The molecular weight excluding hydrogens is 230 g/mol. The number of hydrogen-bond acceptors (Lipinski definition) is 5. The van der Waals surface area contributed by atoms with Crippen molar-refractivity contribution < 1.29 is 13.6 Å². The Labute approximate surface area is 96.8 Å². The molecule has 96 valence electrons. The maximum Gasteiger partial charge on any atom is 0.147 e. The van der Waals surface area contributed by atoms with Gasteiger partial charge in [0, 0.05) is 12.7 Å². The zero-order valence-electron chi connectivity index (χ0n) is 9.65. The van der Waals surface area contributed by atoms with E-state index in [-0.39, 0.29) is 11.6 Å². The Morgan fingerprint density at radius 3 is 2.50 bits per heavy atom. The Kier molecular flexibility index (Phi) is 7.92. The molecule has 0 aliphatic heterocycles. The van der Waals surface area contributed by atoms with E-state index >= 15 is 0 Å². The summed E-state index contributed by atoms with van der Waals surface area (Å²) in [4.78, 5) is 0. The summed E-state index contributed by atoms with van der Waals surface area (Å²) < 4.78 is 21.6. The van der Waals surface area contributed by atoms with Crippen LogP contribution in [0, 0.1) is 0 Å². The summed E-state index contributed by atoms with van der Waals surface area (Å²) in [7, 11) is -2.84. The quantitative estimate of drug-likeness (QED) is 0.175. The number of sulfone groups is 1. The zero-order valence-corrected chi connectivity index (χ0v) is 10.5. The molecule has 0 bridgehead atoms. The minimum Gasteiger partial charge on any atom is -0.409 e. The van der Waals surface area contributed by atoms with Crippen LogP contribution in [0.25, 0.3) is 0 Å². The normalized spacial score (nSPS) is 12.9. The molecule has 0 unspecified atom stereocenters. The second-order valence-electron chi connectivity index (χ2n) is 3.78. The number of amidine groups is 1. The van der Waals surface area contributed by atoms with Gasteiger partial charge in [-0.3, -0.25) is 0 Å². The number of nitrogens with two attached hydrogens (primary N) is 1. The molecule has 0 atom stereocenters. The van der Waals surface area contributed by atoms with E-state index < -0.39 is 9.84 Å². The lowest BCUT2D eigenvalue weighted by atomic mass is 10.2.